The van der Waals surface area contributed by atoms with Crippen LogP contribution in [0.5, 0.6) is 5.88 Å². The number of ether oxygens (including phenoxy) is 1. The average Bonchev–Trinajstić information content (AvgIpc) is 2.28. The van der Waals surface area contributed by atoms with E-state index in [4.69, 9.17) is 16.3 Å². The maximum atomic E-state index is 6.20. The van der Waals surface area contributed by atoms with Gasteiger partial charge in [0.05, 0.1) is 6.61 Å². The third-order valence-electron chi connectivity index (χ3n) is 2.44. The number of rotatable bonds is 5. The highest BCUT2D eigenvalue weighted by atomic mass is 35.5. The Labute approximate surface area is 96.6 Å². The predicted octanol–water partition coefficient (Wildman–Crippen LogP) is 3.60. The van der Waals surface area contributed by atoms with E-state index in [1.165, 1.54) is 0 Å². The van der Waals surface area contributed by atoms with Gasteiger partial charge in [-0.2, -0.15) is 0 Å². The second-order valence-corrected chi connectivity index (χ2v) is 4.11. The molecule has 1 rings (SSSR count). The third-order valence-corrected chi connectivity index (χ3v) is 3.12. The van der Waals surface area contributed by atoms with Crippen LogP contribution in [0.1, 0.15) is 38.8 Å². The molecule has 0 aliphatic heterocycles. The molecule has 0 N–H and O–H groups in total. The number of aromatic nitrogens is 1. The minimum Gasteiger partial charge on any atom is -0.478 e. The Balaban J connectivity index is 2.80. The fourth-order valence-electron chi connectivity index (χ4n) is 1.45. The maximum absolute atomic E-state index is 6.20. The number of hydrogen-bond donors (Lipinski definition) is 0. The van der Waals surface area contributed by atoms with Crippen molar-refractivity contribution in [2.75, 3.05) is 6.61 Å². The monoisotopic (exact) mass is 227 g/mol. The van der Waals surface area contributed by atoms with E-state index in [2.05, 4.69) is 18.8 Å². The van der Waals surface area contributed by atoms with Gasteiger partial charge >= 0.3 is 0 Å². The van der Waals surface area contributed by atoms with Gasteiger partial charge in [-0.3, -0.25) is 0 Å². The molecule has 15 heavy (non-hydrogen) atoms. The standard InChI is InChI=1S/C12H18ClNO/c1-4-10(13)9(3)11-7-6-8-12(14-11)15-5-2/h6-10H,4-5H2,1-3H3. The second-order valence-electron chi connectivity index (χ2n) is 3.55. The van der Waals surface area contributed by atoms with Gasteiger partial charge in [0.1, 0.15) is 0 Å². The molecule has 0 aromatic carbocycles. The van der Waals surface area contributed by atoms with Gasteiger partial charge in [0.2, 0.25) is 5.88 Å². The van der Waals surface area contributed by atoms with Crippen molar-refractivity contribution in [2.45, 2.75) is 38.5 Å². The van der Waals surface area contributed by atoms with E-state index in [1.807, 2.05) is 25.1 Å². The van der Waals surface area contributed by atoms with Crippen LogP contribution in [0.15, 0.2) is 18.2 Å². The maximum Gasteiger partial charge on any atom is 0.213 e. The first-order valence-electron chi connectivity index (χ1n) is 5.42. The van der Waals surface area contributed by atoms with Crippen molar-refractivity contribution >= 4 is 11.6 Å². The minimum atomic E-state index is 0.134. The molecular formula is C12H18ClNO. The number of alkyl halides is 1. The Morgan fingerprint density at radius 1 is 1.40 bits per heavy atom. The van der Waals surface area contributed by atoms with Crippen LogP contribution in [-0.2, 0) is 0 Å². The quantitative estimate of drug-likeness (QED) is 0.717. The van der Waals surface area contributed by atoms with Gasteiger partial charge in [-0.15, -0.1) is 11.6 Å². The molecule has 2 nitrogen and oxygen atoms in total. The van der Waals surface area contributed by atoms with E-state index in [0.717, 1.165) is 12.1 Å². The molecule has 0 bridgehead atoms. The van der Waals surface area contributed by atoms with E-state index >= 15 is 0 Å². The number of nitrogens with zero attached hydrogens (tertiary/aromatic N) is 1. The fraction of sp³-hybridized carbons (Fsp3) is 0.583. The summed E-state index contributed by atoms with van der Waals surface area (Å²) < 4.78 is 5.36. The second kappa shape index (κ2) is 5.96. The Kier molecular flexibility index (Phi) is 4.89. The number of hydrogen-bond acceptors (Lipinski definition) is 2. The lowest BCUT2D eigenvalue weighted by Gasteiger charge is -2.16. The van der Waals surface area contributed by atoms with Crippen LogP contribution in [0.25, 0.3) is 0 Å². The van der Waals surface area contributed by atoms with Gasteiger partial charge in [-0.25, -0.2) is 4.98 Å². The van der Waals surface area contributed by atoms with E-state index in [1.54, 1.807) is 0 Å². The van der Waals surface area contributed by atoms with Crippen molar-refractivity contribution in [1.29, 1.82) is 0 Å². The minimum absolute atomic E-state index is 0.134. The zero-order valence-corrected chi connectivity index (χ0v) is 10.3. The summed E-state index contributed by atoms with van der Waals surface area (Å²) in [5.74, 6) is 0.943. The molecule has 1 heterocycles. The molecule has 2 unspecified atom stereocenters. The lowest BCUT2D eigenvalue weighted by atomic mass is 10.0. The van der Waals surface area contributed by atoms with Crippen molar-refractivity contribution in [3.05, 3.63) is 23.9 Å². The van der Waals surface area contributed by atoms with Gasteiger partial charge in [0.25, 0.3) is 0 Å². The molecule has 0 spiro atoms. The molecule has 3 heteroatoms. The molecule has 0 aliphatic rings. The first-order valence-corrected chi connectivity index (χ1v) is 5.86. The van der Waals surface area contributed by atoms with Crippen LogP contribution in [0.2, 0.25) is 0 Å². The average molecular weight is 228 g/mol. The fourth-order valence-corrected chi connectivity index (χ4v) is 1.58. The van der Waals surface area contributed by atoms with Gasteiger partial charge < -0.3 is 4.74 Å². The SMILES string of the molecule is CCOc1cccc(C(C)C(Cl)CC)n1. The topological polar surface area (TPSA) is 22.1 Å². The first-order chi connectivity index (χ1) is 7.19. The Hall–Kier alpha value is -0.760. The highest BCUT2D eigenvalue weighted by Crippen LogP contribution is 2.25. The Morgan fingerprint density at radius 3 is 2.73 bits per heavy atom. The van der Waals surface area contributed by atoms with Gasteiger partial charge in [0.15, 0.2) is 0 Å². The van der Waals surface area contributed by atoms with Crippen molar-refractivity contribution in [3.8, 4) is 5.88 Å². The molecule has 1 aromatic rings. The van der Waals surface area contributed by atoms with E-state index in [9.17, 15) is 0 Å². The van der Waals surface area contributed by atoms with Crippen LogP contribution in [-0.4, -0.2) is 17.0 Å². The van der Waals surface area contributed by atoms with Crippen LogP contribution in [0, 0.1) is 0 Å². The number of halogens is 1. The molecule has 0 radical (unpaired) electrons. The molecular weight excluding hydrogens is 210 g/mol. The largest absolute Gasteiger partial charge is 0.478 e. The summed E-state index contributed by atoms with van der Waals surface area (Å²) in [4.78, 5) is 4.42. The highest BCUT2D eigenvalue weighted by Gasteiger charge is 2.16. The van der Waals surface area contributed by atoms with Crippen LogP contribution >= 0.6 is 11.6 Å². The lowest BCUT2D eigenvalue weighted by molar-refractivity contribution is 0.325. The van der Waals surface area contributed by atoms with E-state index in [0.29, 0.717) is 12.5 Å². The summed E-state index contributed by atoms with van der Waals surface area (Å²) in [5.41, 5.74) is 1.00. The van der Waals surface area contributed by atoms with Gasteiger partial charge in [-0.1, -0.05) is 19.9 Å². The van der Waals surface area contributed by atoms with E-state index in [-0.39, 0.29) is 11.3 Å². The molecule has 1 aromatic heterocycles. The van der Waals surface area contributed by atoms with Crippen LogP contribution in [0.3, 0.4) is 0 Å². The van der Waals surface area contributed by atoms with Crippen molar-refractivity contribution in [1.82, 2.24) is 4.98 Å². The molecule has 84 valence electrons. The highest BCUT2D eigenvalue weighted by molar-refractivity contribution is 6.21. The Morgan fingerprint density at radius 2 is 2.13 bits per heavy atom. The predicted molar refractivity (Wildman–Crippen MR) is 63.8 cm³/mol. The number of pyridine rings is 1. The molecule has 0 amide bonds. The van der Waals surface area contributed by atoms with Crippen molar-refractivity contribution in [2.24, 2.45) is 0 Å². The molecule has 2 atom stereocenters. The van der Waals surface area contributed by atoms with E-state index < -0.39 is 0 Å². The summed E-state index contributed by atoms with van der Waals surface area (Å²) >= 11 is 6.20. The van der Waals surface area contributed by atoms with Crippen LogP contribution < -0.4 is 4.74 Å². The summed E-state index contributed by atoms with van der Waals surface area (Å²) in [6.07, 6.45) is 0.948. The zero-order valence-electron chi connectivity index (χ0n) is 9.53. The lowest BCUT2D eigenvalue weighted by Crippen LogP contribution is -2.10. The van der Waals surface area contributed by atoms with Gasteiger partial charge in [0, 0.05) is 23.1 Å². The molecule has 0 aliphatic carbocycles. The van der Waals surface area contributed by atoms with Crippen molar-refractivity contribution < 1.29 is 4.74 Å². The molecule has 0 saturated heterocycles. The van der Waals surface area contributed by atoms with Crippen molar-refractivity contribution in [3.63, 3.8) is 0 Å². The molecule has 0 fully saturated rings. The van der Waals surface area contributed by atoms with Gasteiger partial charge in [-0.05, 0) is 19.4 Å². The smallest absolute Gasteiger partial charge is 0.213 e. The molecule has 0 saturated carbocycles. The zero-order chi connectivity index (χ0) is 11.3. The summed E-state index contributed by atoms with van der Waals surface area (Å²) in [5, 5.41) is 0.134. The summed E-state index contributed by atoms with van der Waals surface area (Å²) in [6.45, 7) is 6.77. The first kappa shape index (κ1) is 12.3. The third kappa shape index (κ3) is 3.38. The normalized spacial score (nSPS) is 14.7. The Bertz CT molecular complexity index is 303. The summed E-state index contributed by atoms with van der Waals surface area (Å²) in [7, 11) is 0. The summed E-state index contributed by atoms with van der Waals surface area (Å²) in [6, 6.07) is 5.83. The van der Waals surface area contributed by atoms with Crippen LogP contribution in [0.4, 0.5) is 0 Å².